The van der Waals surface area contributed by atoms with Crippen molar-refractivity contribution in [2.24, 2.45) is 22.2 Å². The third kappa shape index (κ3) is 3.31. The first-order chi connectivity index (χ1) is 13.0. The van der Waals surface area contributed by atoms with Gasteiger partial charge in [0.05, 0.1) is 11.3 Å². The van der Waals surface area contributed by atoms with Crippen LogP contribution in [0.3, 0.4) is 0 Å². The van der Waals surface area contributed by atoms with Crippen LogP contribution in [0.4, 0.5) is 0 Å². The number of ether oxygens (including phenoxy) is 1. The summed E-state index contributed by atoms with van der Waals surface area (Å²) >= 11 is 0. The van der Waals surface area contributed by atoms with Crippen LogP contribution in [0.25, 0.3) is 0 Å². The van der Waals surface area contributed by atoms with Crippen LogP contribution in [0.1, 0.15) is 32.8 Å². The molecule has 2 atom stereocenters. The summed E-state index contributed by atoms with van der Waals surface area (Å²) in [6.07, 6.45) is 5.64. The number of hydrogen-bond acceptors (Lipinski definition) is 4. The van der Waals surface area contributed by atoms with E-state index >= 15 is 0 Å². The smallest absolute Gasteiger partial charge is 0.148 e. The van der Waals surface area contributed by atoms with Gasteiger partial charge in [0.25, 0.3) is 0 Å². The van der Waals surface area contributed by atoms with Crippen molar-refractivity contribution in [3.05, 3.63) is 53.4 Å². The molecule has 5 rings (SSSR count). The third-order valence-electron chi connectivity index (χ3n) is 5.88. The molecule has 0 bridgehead atoms. The van der Waals surface area contributed by atoms with Gasteiger partial charge in [-0.2, -0.15) is 0 Å². The van der Waals surface area contributed by atoms with Gasteiger partial charge in [-0.05, 0) is 36.0 Å². The molecule has 0 aromatic heterocycles. The van der Waals surface area contributed by atoms with E-state index in [1.54, 1.807) is 0 Å². The molecule has 2 unspecified atom stereocenters. The zero-order valence-electron chi connectivity index (χ0n) is 16.6. The van der Waals surface area contributed by atoms with E-state index in [2.05, 4.69) is 67.0 Å². The highest BCUT2D eigenvalue weighted by Crippen LogP contribution is 2.51. The predicted octanol–water partition coefficient (Wildman–Crippen LogP) is 3.91. The van der Waals surface area contributed by atoms with Crippen LogP contribution in [0.2, 0.25) is 0 Å². The summed E-state index contributed by atoms with van der Waals surface area (Å²) in [5, 5.41) is 0. The molecule has 0 radical (unpaired) electrons. The van der Waals surface area contributed by atoms with Crippen molar-refractivity contribution < 1.29 is 4.74 Å². The highest BCUT2D eigenvalue weighted by atomic mass is 16.5. The first-order valence-electron chi connectivity index (χ1n) is 10.2. The minimum atomic E-state index is 0.345. The summed E-state index contributed by atoms with van der Waals surface area (Å²) in [6, 6.07) is 8.37. The largest absolute Gasteiger partial charge is 0.455 e. The number of allylic oxidation sites excluding steroid dienone is 3. The molecule has 4 heteroatoms. The quantitative estimate of drug-likeness (QED) is 0.757. The first kappa shape index (κ1) is 17.1. The second kappa shape index (κ2) is 6.23. The van der Waals surface area contributed by atoms with Gasteiger partial charge >= 0.3 is 0 Å². The molecular weight excluding hydrogens is 334 g/mol. The monoisotopic (exact) mass is 363 g/mol. The lowest BCUT2D eigenvalue weighted by atomic mass is 9.96. The summed E-state index contributed by atoms with van der Waals surface area (Å²) in [7, 11) is 0. The molecule has 2 aliphatic heterocycles. The Morgan fingerprint density at radius 2 is 1.89 bits per heavy atom. The number of piperazine rings is 1. The number of amidine groups is 1. The molecule has 1 aromatic carbocycles. The van der Waals surface area contributed by atoms with Crippen LogP contribution in [0.5, 0.6) is 5.75 Å². The Hall–Kier alpha value is -2.07. The third-order valence-corrected chi connectivity index (χ3v) is 5.88. The van der Waals surface area contributed by atoms with Gasteiger partial charge in [-0.25, -0.2) is 4.99 Å². The van der Waals surface area contributed by atoms with Crippen molar-refractivity contribution >= 4 is 5.84 Å². The summed E-state index contributed by atoms with van der Waals surface area (Å²) in [6.45, 7) is 12.3. The number of hydrogen-bond donors (Lipinski definition) is 0. The lowest BCUT2D eigenvalue weighted by Gasteiger charge is -2.39. The molecule has 27 heavy (non-hydrogen) atoms. The Kier molecular flexibility index (Phi) is 3.94. The van der Waals surface area contributed by atoms with Crippen LogP contribution < -0.4 is 4.74 Å². The van der Waals surface area contributed by atoms with Gasteiger partial charge in [0, 0.05) is 38.6 Å². The van der Waals surface area contributed by atoms with E-state index in [-0.39, 0.29) is 0 Å². The van der Waals surface area contributed by atoms with Crippen LogP contribution in [-0.2, 0) is 0 Å². The van der Waals surface area contributed by atoms with Crippen molar-refractivity contribution in [1.29, 1.82) is 0 Å². The average Bonchev–Trinajstić information content (AvgIpc) is 3.42. The fourth-order valence-electron chi connectivity index (χ4n) is 4.51. The lowest BCUT2D eigenvalue weighted by molar-refractivity contribution is 0.136. The van der Waals surface area contributed by atoms with Gasteiger partial charge in [-0.3, -0.25) is 4.90 Å². The van der Waals surface area contributed by atoms with E-state index in [4.69, 9.17) is 9.73 Å². The van der Waals surface area contributed by atoms with Crippen molar-refractivity contribution in [2.75, 3.05) is 32.7 Å². The molecule has 2 heterocycles. The Bertz CT molecular complexity index is 837. The molecule has 2 aliphatic carbocycles. The molecule has 142 valence electrons. The molecule has 0 N–H and O–H groups in total. The summed E-state index contributed by atoms with van der Waals surface area (Å²) in [4.78, 5) is 10.3. The fourth-order valence-corrected chi connectivity index (χ4v) is 4.51. The number of benzene rings is 1. The summed E-state index contributed by atoms with van der Waals surface area (Å²) in [5.41, 5.74) is 2.63. The summed E-state index contributed by atoms with van der Waals surface area (Å²) < 4.78 is 6.31. The Labute approximate surface area is 162 Å². The standard InChI is InChI=1S/C23H29N3O/c1-23(2,3)15-25-10-12-26(13-11-25)22-17-6-4-5-7-19(17)27-20-9-8-16-14-18(16)21(20)24-22/h4-9,16,18H,10-15H2,1-3H3. The van der Waals surface area contributed by atoms with Gasteiger partial charge in [-0.15, -0.1) is 0 Å². The van der Waals surface area contributed by atoms with E-state index in [0.29, 0.717) is 17.3 Å². The SMILES string of the molecule is CC(C)(C)CN1CCN(C2=NC3=C(C=CC4CC34)Oc3ccccc32)CC1. The maximum atomic E-state index is 6.31. The minimum absolute atomic E-state index is 0.345. The predicted molar refractivity (Wildman–Crippen MR) is 109 cm³/mol. The molecule has 1 aromatic rings. The number of rotatable bonds is 1. The van der Waals surface area contributed by atoms with Crippen molar-refractivity contribution in [3.63, 3.8) is 0 Å². The highest BCUT2D eigenvalue weighted by molar-refractivity contribution is 6.02. The Morgan fingerprint density at radius 1 is 1.11 bits per heavy atom. The Morgan fingerprint density at radius 3 is 2.67 bits per heavy atom. The first-order valence-corrected chi connectivity index (χ1v) is 10.2. The molecule has 0 spiro atoms. The number of aliphatic imine (C=N–C) groups is 1. The lowest BCUT2D eigenvalue weighted by Crippen LogP contribution is -2.50. The van der Waals surface area contributed by atoms with Gasteiger partial charge in [0.15, 0.2) is 0 Å². The van der Waals surface area contributed by atoms with Crippen LogP contribution in [0, 0.1) is 17.3 Å². The summed E-state index contributed by atoms with van der Waals surface area (Å²) in [5.74, 6) is 4.20. The van der Waals surface area contributed by atoms with Crippen molar-refractivity contribution in [2.45, 2.75) is 27.2 Å². The molecule has 2 fully saturated rings. The van der Waals surface area contributed by atoms with Gasteiger partial charge < -0.3 is 9.64 Å². The normalized spacial score (nSPS) is 27.2. The van der Waals surface area contributed by atoms with Crippen molar-refractivity contribution in [1.82, 2.24) is 9.80 Å². The van der Waals surface area contributed by atoms with Gasteiger partial charge in [0.2, 0.25) is 0 Å². The number of nitrogens with zero attached hydrogens (tertiary/aromatic N) is 3. The van der Waals surface area contributed by atoms with E-state index in [0.717, 1.165) is 61.3 Å². The second-order valence-electron chi connectivity index (χ2n) is 9.47. The average molecular weight is 364 g/mol. The topological polar surface area (TPSA) is 28.1 Å². The van der Waals surface area contributed by atoms with E-state index < -0.39 is 0 Å². The van der Waals surface area contributed by atoms with Crippen LogP contribution in [-0.4, -0.2) is 48.4 Å². The highest BCUT2D eigenvalue weighted by Gasteiger charge is 2.43. The van der Waals surface area contributed by atoms with E-state index in [1.165, 1.54) is 6.42 Å². The molecular formula is C23H29N3O. The van der Waals surface area contributed by atoms with Crippen molar-refractivity contribution in [3.8, 4) is 5.75 Å². The molecule has 0 amide bonds. The van der Waals surface area contributed by atoms with Crippen LogP contribution >= 0.6 is 0 Å². The molecule has 1 saturated heterocycles. The fraction of sp³-hybridized carbons (Fsp3) is 0.522. The molecule has 1 saturated carbocycles. The second-order valence-corrected chi connectivity index (χ2v) is 9.47. The van der Waals surface area contributed by atoms with E-state index in [1.807, 2.05) is 0 Å². The zero-order chi connectivity index (χ0) is 18.6. The van der Waals surface area contributed by atoms with Gasteiger partial charge in [-0.1, -0.05) is 39.0 Å². The maximum Gasteiger partial charge on any atom is 0.148 e. The maximum absolute atomic E-state index is 6.31. The minimum Gasteiger partial charge on any atom is -0.455 e. The molecule has 4 aliphatic rings. The number of para-hydroxylation sites is 1. The number of fused-ring (bicyclic) bond motifs is 3. The van der Waals surface area contributed by atoms with Gasteiger partial charge in [0.1, 0.15) is 17.3 Å². The molecule has 4 nitrogen and oxygen atoms in total. The Balaban J connectivity index is 1.44. The van der Waals surface area contributed by atoms with Crippen LogP contribution in [0.15, 0.2) is 52.9 Å². The zero-order valence-corrected chi connectivity index (χ0v) is 16.6. The van der Waals surface area contributed by atoms with E-state index in [9.17, 15) is 0 Å².